The molecule has 0 aromatic rings. The predicted molar refractivity (Wildman–Crippen MR) is 105 cm³/mol. The summed E-state index contributed by atoms with van der Waals surface area (Å²) >= 11 is 14.8. The number of alkyl halides is 3. The molecule has 7 N–H and O–H groups in total. The van der Waals surface area contributed by atoms with Gasteiger partial charge in [0.25, 0.3) is 9.70 Å². The Kier molecular flexibility index (Phi) is 11.1. The summed E-state index contributed by atoms with van der Waals surface area (Å²) in [6, 6.07) is 0. The minimum Gasteiger partial charge on any atom is -0.386 e. The van der Waals surface area contributed by atoms with E-state index in [0.717, 1.165) is 6.92 Å². The van der Waals surface area contributed by atoms with Crippen molar-refractivity contribution in [1.82, 2.24) is 0 Å². The summed E-state index contributed by atoms with van der Waals surface area (Å²) in [6.07, 6.45) is -5.88. The van der Waals surface area contributed by atoms with Crippen LogP contribution in [0.4, 0.5) is 0 Å². The zero-order valence-electron chi connectivity index (χ0n) is 16.6. The standard InChI is InChI=1S/C14H20O10.C2H2Cl3NO/c1-6(16)10(20)11(21)13(23,8(3)18)14(24,9(4)19)12(22,5-15)7(2)17;3-2(4,5)1(6)7/h5,10-11,20-24H,1-4H3;(H2,6,7)/t10?,11-,12-,13-,14-;/m1./s1. The van der Waals surface area contributed by atoms with E-state index in [2.05, 4.69) is 5.73 Å². The number of ketones is 4. The quantitative estimate of drug-likeness (QED) is 0.106. The lowest BCUT2D eigenvalue weighted by Crippen LogP contribution is -2.80. The average Bonchev–Trinajstić information content (AvgIpc) is 2.63. The van der Waals surface area contributed by atoms with Gasteiger partial charge in [-0.15, -0.1) is 0 Å². The maximum atomic E-state index is 11.9. The highest BCUT2D eigenvalue weighted by Gasteiger charge is 2.73. The second-order valence-corrected chi connectivity index (χ2v) is 8.67. The van der Waals surface area contributed by atoms with Crippen LogP contribution in [0.5, 0.6) is 0 Å². The van der Waals surface area contributed by atoms with Gasteiger partial charge in [-0.1, -0.05) is 34.8 Å². The molecule has 0 spiro atoms. The number of rotatable bonds is 9. The number of aliphatic hydroxyl groups is 5. The van der Waals surface area contributed by atoms with Gasteiger partial charge in [-0.25, -0.2) is 0 Å². The first kappa shape index (κ1) is 31.7. The second kappa shape index (κ2) is 10.9. The minimum absolute atomic E-state index is 0.526. The van der Waals surface area contributed by atoms with Gasteiger partial charge in [0.2, 0.25) is 11.2 Å². The topological polar surface area (TPSA) is 230 Å². The van der Waals surface area contributed by atoms with Crippen molar-refractivity contribution in [3.63, 3.8) is 0 Å². The first-order valence-electron chi connectivity index (χ1n) is 8.00. The van der Waals surface area contributed by atoms with Gasteiger partial charge in [-0.3, -0.25) is 28.8 Å². The van der Waals surface area contributed by atoms with Crippen LogP contribution >= 0.6 is 34.8 Å². The third-order valence-electron chi connectivity index (χ3n) is 4.28. The highest BCUT2D eigenvalue weighted by Crippen LogP contribution is 2.38. The Labute approximate surface area is 190 Å². The first-order chi connectivity index (χ1) is 13.6. The Bertz CT molecular complexity index is 768. The van der Waals surface area contributed by atoms with Gasteiger partial charge in [0.1, 0.15) is 12.2 Å². The summed E-state index contributed by atoms with van der Waals surface area (Å²) in [5.74, 6) is -6.88. The monoisotopic (exact) mass is 509 g/mol. The van der Waals surface area contributed by atoms with Crippen molar-refractivity contribution < 1.29 is 54.3 Å². The largest absolute Gasteiger partial charge is 0.386 e. The van der Waals surface area contributed by atoms with E-state index in [1.807, 2.05) is 0 Å². The predicted octanol–water partition coefficient (Wildman–Crippen LogP) is -2.70. The van der Waals surface area contributed by atoms with E-state index in [1.54, 1.807) is 0 Å². The summed E-state index contributed by atoms with van der Waals surface area (Å²) < 4.78 is -1.94. The highest BCUT2D eigenvalue weighted by atomic mass is 35.6. The van der Waals surface area contributed by atoms with Crippen molar-refractivity contribution in [3.05, 3.63) is 0 Å². The number of amides is 1. The van der Waals surface area contributed by atoms with Gasteiger partial charge < -0.3 is 31.3 Å². The number of halogens is 3. The molecule has 31 heavy (non-hydrogen) atoms. The number of primary amides is 1. The van der Waals surface area contributed by atoms with E-state index in [1.165, 1.54) is 0 Å². The lowest BCUT2D eigenvalue weighted by atomic mass is 9.62. The van der Waals surface area contributed by atoms with E-state index in [9.17, 15) is 54.3 Å². The summed E-state index contributed by atoms with van der Waals surface area (Å²) in [5.41, 5.74) is -6.70. The Morgan fingerprint density at radius 2 is 1.19 bits per heavy atom. The van der Waals surface area contributed by atoms with Crippen molar-refractivity contribution >= 4 is 70.1 Å². The Balaban J connectivity index is 0. The van der Waals surface area contributed by atoms with Gasteiger partial charge in [0, 0.05) is 0 Å². The molecule has 178 valence electrons. The normalized spacial score (nSPS) is 19.1. The summed E-state index contributed by atoms with van der Waals surface area (Å²) in [7, 11) is 0. The van der Waals surface area contributed by atoms with Crippen LogP contribution in [-0.2, 0) is 28.8 Å². The van der Waals surface area contributed by atoms with Crippen LogP contribution in [-0.4, -0.2) is 93.7 Å². The summed E-state index contributed by atoms with van der Waals surface area (Å²) in [6.45, 7) is 2.42. The molecule has 0 aliphatic rings. The Hall–Kier alpha value is -1.51. The van der Waals surface area contributed by atoms with Crippen LogP contribution in [0.3, 0.4) is 0 Å². The lowest BCUT2D eigenvalue weighted by Gasteiger charge is -2.48. The molecular weight excluding hydrogens is 489 g/mol. The number of carbonyl (C=O) groups is 6. The molecule has 0 bridgehead atoms. The molecule has 15 heteroatoms. The molecule has 0 fully saturated rings. The van der Waals surface area contributed by atoms with E-state index < -0.39 is 68.1 Å². The molecule has 0 rings (SSSR count). The molecule has 1 unspecified atom stereocenters. The van der Waals surface area contributed by atoms with Gasteiger partial charge in [-0.05, 0) is 27.7 Å². The van der Waals surface area contributed by atoms with Crippen LogP contribution in [0, 0.1) is 0 Å². The Morgan fingerprint density at radius 1 is 0.839 bits per heavy atom. The highest BCUT2D eigenvalue weighted by molar-refractivity contribution is 6.76. The van der Waals surface area contributed by atoms with Crippen molar-refractivity contribution in [2.24, 2.45) is 5.73 Å². The van der Waals surface area contributed by atoms with Gasteiger partial charge in [-0.2, -0.15) is 0 Å². The van der Waals surface area contributed by atoms with E-state index in [4.69, 9.17) is 34.8 Å². The summed E-state index contributed by atoms with van der Waals surface area (Å²) in [4.78, 5) is 67.7. The number of Topliss-reactive ketones (excluding diaryl/α,β-unsaturated/α-hetero) is 4. The van der Waals surface area contributed by atoms with Crippen LogP contribution in [0.2, 0.25) is 0 Å². The fraction of sp³-hybridized carbons (Fsp3) is 0.625. The molecule has 0 heterocycles. The number of aldehydes is 1. The second-order valence-electron chi connectivity index (χ2n) is 6.39. The fourth-order valence-corrected chi connectivity index (χ4v) is 2.38. The van der Waals surface area contributed by atoms with Crippen molar-refractivity contribution in [2.45, 2.75) is 60.5 Å². The van der Waals surface area contributed by atoms with Crippen LogP contribution in [0.1, 0.15) is 27.7 Å². The van der Waals surface area contributed by atoms with Crippen molar-refractivity contribution in [3.8, 4) is 0 Å². The maximum absolute atomic E-state index is 11.9. The third kappa shape index (κ3) is 6.05. The molecular formula is C16H22Cl3NO11. The number of carbonyl (C=O) groups excluding carboxylic acids is 6. The third-order valence-corrected chi connectivity index (χ3v) is 4.84. The number of nitrogens with two attached hydrogens (primary N) is 1. The van der Waals surface area contributed by atoms with Crippen LogP contribution < -0.4 is 5.73 Å². The van der Waals surface area contributed by atoms with Gasteiger partial charge in [0.15, 0.2) is 35.0 Å². The Morgan fingerprint density at radius 3 is 1.35 bits per heavy atom. The van der Waals surface area contributed by atoms with E-state index in [0.29, 0.717) is 20.8 Å². The van der Waals surface area contributed by atoms with Crippen molar-refractivity contribution in [1.29, 1.82) is 0 Å². The smallest absolute Gasteiger partial charge is 0.269 e. The molecule has 0 aliphatic carbocycles. The number of hydrogen-bond acceptors (Lipinski definition) is 11. The maximum Gasteiger partial charge on any atom is 0.269 e. The fourth-order valence-electron chi connectivity index (χ4n) is 2.38. The van der Waals surface area contributed by atoms with E-state index in [-0.39, 0.29) is 0 Å². The molecule has 1 amide bonds. The van der Waals surface area contributed by atoms with Gasteiger partial charge in [0.05, 0.1) is 0 Å². The first-order valence-corrected chi connectivity index (χ1v) is 9.13. The summed E-state index contributed by atoms with van der Waals surface area (Å²) in [5, 5.41) is 50.9. The number of aliphatic hydroxyl groups excluding tert-OH is 2. The molecule has 0 radical (unpaired) electrons. The molecule has 5 atom stereocenters. The SMILES string of the molecule is CC(=O)C(O)[C@@H](O)[C@](O)(C(C)=O)[C@@](O)(C(C)=O)[C@@](O)(C=O)C(C)=O.NC(=O)C(Cl)(Cl)Cl. The minimum atomic E-state index is -3.87. The number of hydrogen-bond donors (Lipinski definition) is 6. The zero-order chi connectivity index (χ0) is 25.7. The average molecular weight is 511 g/mol. The lowest BCUT2D eigenvalue weighted by molar-refractivity contribution is -0.248. The molecule has 0 saturated carbocycles. The molecule has 12 nitrogen and oxygen atoms in total. The van der Waals surface area contributed by atoms with Gasteiger partial charge >= 0.3 is 0 Å². The molecule has 0 saturated heterocycles. The van der Waals surface area contributed by atoms with Crippen LogP contribution in [0.15, 0.2) is 0 Å². The molecule has 0 aromatic heterocycles. The van der Waals surface area contributed by atoms with Crippen molar-refractivity contribution in [2.75, 3.05) is 0 Å². The van der Waals surface area contributed by atoms with E-state index >= 15 is 0 Å². The zero-order valence-corrected chi connectivity index (χ0v) is 18.9. The molecule has 0 aliphatic heterocycles. The van der Waals surface area contributed by atoms with Crippen LogP contribution in [0.25, 0.3) is 0 Å². The molecule has 0 aromatic carbocycles.